The number of alkyl halides is 1. The first kappa shape index (κ1) is 19.0. The molecule has 0 spiro atoms. The predicted octanol–water partition coefficient (Wildman–Crippen LogP) is 0.895. The summed E-state index contributed by atoms with van der Waals surface area (Å²) in [6.45, 7) is 3.52. The fraction of sp³-hybridized carbons (Fsp3) is 0.529. The highest BCUT2D eigenvalue weighted by Crippen LogP contribution is 2.20. The number of nitrogens with one attached hydrogen (secondary N) is 2. The summed E-state index contributed by atoms with van der Waals surface area (Å²) in [4.78, 5) is 27.7. The Balaban J connectivity index is 1.55. The maximum Gasteiger partial charge on any atom is 0.258 e. The van der Waals surface area contributed by atoms with Crippen LogP contribution in [0.1, 0.15) is 12.5 Å². The molecule has 2 N–H and O–H groups in total. The number of carbonyl (C=O) groups excluding carboxylic acids is 2. The minimum atomic E-state index is -1.57. The van der Waals surface area contributed by atoms with Crippen molar-refractivity contribution < 1.29 is 18.4 Å². The first-order chi connectivity index (χ1) is 12.4. The Hall–Kier alpha value is -1.77. The molecule has 142 valence electrons. The number of piperazine rings is 1. The topological polar surface area (TPSA) is 64.7 Å². The summed E-state index contributed by atoms with van der Waals surface area (Å²) < 4.78 is 27.4. The molecule has 3 atom stereocenters. The van der Waals surface area contributed by atoms with Gasteiger partial charge in [0.05, 0.1) is 6.42 Å². The third-order valence-electron chi connectivity index (χ3n) is 4.81. The Kier molecular flexibility index (Phi) is 5.74. The van der Waals surface area contributed by atoms with E-state index in [1.165, 1.54) is 12.1 Å². The van der Waals surface area contributed by atoms with E-state index in [0.717, 1.165) is 0 Å². The van der Waals surface area contributed by atoms with E-state index in [-0.39, 0.29) is 22.9 Å². The third kappa shape index (κ3) is 3.97. The smallest absolute Gasteiger partial charge is 0.258 e. The number of carbonyl (C=O) groups is 2. The fourth-order valence-electron chi connectivity index (χ4n) is 3.21. The molecule has 0 aromatic heterocycles. The van der Waals surface area contributed by atoms with Crippen molar-refractivity contribution in [2.24, 2.45) is 0 Å². The zero-order valence-electron chi connectivity index (χ0n) is 14.3. The summed E-state index contributed by atoms with van der Waals surface area (Å²) in [5, 5.41) is 5.85. The van der Waals surface area contributed by atoms with Crippen molar-refractivity contribution in [3.63, 3.8) is 0 Å². The minimum absolute atomic E-state index is 0.0928. The molecule has 9 heteroatoms. The van der Waals surface area contributed by atoms with E-state index < -0.39 is 30.2 Å². The van der Waals surface area contributed by atoms with Gasteiger partial charge in [0.1, 0.15) is 12.1 Å². The van der Waals surface area contributed by atoms with Gasteiger partial charge in [-0.3, -0.25) is 19.8 Å². The second-order valence-electron chi connectivity index (χ2n) is 6.56. The first-order valence-electron chi connectivity index (χ1n) is 8.52. The van der Waals surface area contributed by atoms with Crippen LogP contribution in [0.4, 0.5) is 8.78 Å². The van der Waals surface area contributed by atoms with Gasteiger partial charge in [0.25, 0.3) is 5.91 Å². The molecule has 6 nitrogen and oxygen atoms in total. The zero-order valence-corrected chi connectivity index (χ0v) is 15.1. The number of hydrogen-bond acceptors (Lipinski definition) is 4. The van der Waals surface area contributed by atoms with Crippen molar-refractivity contribution in [3.05, 3.63) is 34.6 Å². The van der Waals surface area contributed by atoms with Gasteiger partial charge in [-0.2, -0.15) is 0 Å². The lowest BCUT2D eigenvalue weighted by molar-refractivity contribution is -0.137. The quantitative estimate of drug-likeness (QED) is 0.810. The molecule has 0 saturated carbocycles. The average Bonchev–Trinajstić information content (AvgIpc) is 2.62. The van der Waals surface area contributed by atoms with E-state index in [9.17, 15) is 18.4 Å². The first-order valence-corrected chi connectivity index (χ1v) is 8.90. The molecule has 26 heavy (non-hydrogen) atoms. The Labute approximate surface area is 155 Å². The van der Waals surface area contributed by atoms with Crippen LogP contribution in [0.5, 0.6) is 0 Å². The van der Waals surface area contributed by atoms with E-state index in [1.54, 1.807) is 17.9 Å². The standard InChI is InChI=1S/C17H21ClF2N4O2/c1-10-15(20)16(26)22-17(21-10)24-7-5-23(6-8-24)14(25)9-11-12(18)3-2-4-13(11)19/h2-4,10,15,17,21H,5-9H2,1H3,(H,22,26). The Morgan fingerprint density at radius 1 is 1.31 bits per heavy atom. The van der Waals surface area contributed by atoms with Crippen LogP contribution in [0.25, 0.3) is 0 Å². The Bertz CT molecular complexity index is 677. The summed E-state index contributed by atoms with van der Waals surface area (Å²) in [7, 11) is 0. The summed E-state index contributed by atoms with van der Waals surface area (Å²) in [5.41, 5.74) is 0.200. The summed E-state index contributed by atoms with van der Waals surface area (Å²) in [5.74, 6) is -1.32. The molecule has 1 aromatic rings. The van der Waals surface area contributed by atoms with Crippen molar-refractivity contribution in [2.75, 3.05) is 26.2 Å². The van der Waals surface area contributed by atoms with Crippen LogP contribution in [0.15, 0.2) is 18.2 Å². The molecular weight excluding hydrogens is 366 g/mol. The van der Waals surface area contributed by atoms with Crippen molar-refractivity contribution in [1.82, 2.24) is 20.4 Å². The fourth-order valence-corrected chi connectivity index (χ4v) is 3.44. The zero-order chi connectivity index (χ0) is 18.8. The van der Waals surface area contributed by atoms with E-state index >= 15 is 0 Å². The Morgan fingerprint density at radius 3 is 2.62 bits per heavy atom. The van der Waals surface area contributed by atoms with Gasteiger partial charge in [-0.1, -0.05) is 17.7 Å². The molecular formula is C17H21ClF2N4O2. The minimum Gasteiger partial charge on any atom is -0.340 e. The number of benzene rings is 1. The van der Waals surface area contributed by atoms with Gasteiger partial charge in [-0.25, -0.2) is 8.78 Å². The summed E-state index contributed by atoms with van der Waals surface area (Å²) in [6.07, 6.45) is -2.12. The van der Waals surface area contributed by atoms with E-state index in [4.69, 9.17) is 11.6 Å². The van der Waals surface area contributed by atoms with E-state index in [2.05, 4.69) is 10.6 Å². The SMILES string of the molecule is CC1NC(N2CCN(C(=O)Cc3c(F)cccc3Cl)CC2)NC(=O)C1F. The Morgan fingerprint density at radius 2 is 2.00 bits per heavy atom. The molecule has 2 amide bonds. The number of rotatable bonds is 3. The lowest BCUT2D eigenvalue weighted by Crippen LogP contribution is -2.69. The van der Waals surface area contributed by atoms with Crippen LogP contribution in [0, 0.1) is 5.82 Å². The molecule has 0 aliphatic carbocycles. The second kappa shape index (κ2) is 7.85. The lowest BCUT2D eigenvalue weighted by Gasteiger charge is -2.43. The van der Waals surface area contributed by atoms with Gasteiger partial charge >= 0.3 is 0 Å². The van der Waals surface area contributed by atoms with Crippen molar-refractivity contribution >= 4 is 23.4 Å². The van der Waals surface area contributed by atoms with Crippen LogP contribution in [0.2, 0.25) is 5.02 Å². The van der Waals surface area contributed by atoms with Crippen LogP contribution < -0.4 is 10.6 Å². The molecule has 3 unspecified atom stereocenters. The van der Waals surface area contributed by atoms with E-state index in [0.29, 0.717) is 26.2 Å². The van der Waals surface area contributed by atoms with Gasteiger partial charge in [0, 0.05) is 42.8 Å². The monoisotopic (exact) mass is 386 g/mol. The highest BCUT2D eigenvalue weighted by atomic mass is 35.5. The van der Waals surface area contributed by atoms with Crippen LogP contribution in [0.3, 0.4) is 0 Å². The molecule has 3 rings (SSSR count). The third-order valence-corrected chi connectivity index (χ3v) is 5.17. The van der Waals surface area contributed by atoms with Crippen LogP contribution in [-0.4, -0.2) is 66.3 Å². The lowest BCUT2D eigenvalue weighted by atomic mass is 10.1. The molecule has 0 radical (unpaired) electrons. The highest BCUT2D eigenvalue weighted by molar-refractivity contribution is 6.31. The molecule has 2 heterocycles. The molecule has 2 saturated heterocycles. The molecule has 2 fully saturated rings. The number of halogens is 3. The number of hydrogen-bond donors (Lipinski definition) is 2. The predicted molar refractivity (Wildman–Crippen MR) is 92.7 cm³/mol. The molecule has 0 bridgehead atoms. The largest absolute Gasteiger partial charge is 0.340 e. The number of amides is 2. The van der Waals surface area contributed by atoms with E-state index in [1.807, 2.05) is 4.90 Å². The van der Waals surface area contributed by atoms with Gasteiger partial charge in [0.15, 0.2) is 6.17 Å². The molecule has 1 aromatic carbocycles. The summed E-state index contributed by atoms with van der Waals surface area (Å²) >= 11 is 5.98. The van der Waals surface area contributed by atoms with Crippen molar-refractivity contribution in [1.29, 1.82) is 0 Å². The molecule has 2 aliphatic rings. The maximum atomic E-state index is 13.8. The van der Waals surface area contributed by atoms with Crippen molar-refractivity contribution in [2.45, 2.75) is 31.8 Å². The maximum absolute atomic E-state index is 13.8. The average molecular weight is 387 g/mol. The van der Waals surface area contributed by atoms with Crippen LogP contribution >= 0.6 is 11.6 Å². The van der Waals surface area contributed by atoms with Crippen molar-refractivity contribution in [3.8, 4) is 0 Å². The normalized spacial score (nSPS) is 27.3. The van der Waals surface area contributed by atoms with Gasteiger partial charge in [-0.05, 0) is 19.1 Å². The molecule has 2 aliphatic heterocycles. The van der Waals surface area contributed by atoms with Gasteiger partial charge in [-0.15, -0.1) is 0 Å². The van der Waals surface area contributed by atoms with Gasteiger partial charge < -0.3 is 10.2 Å². The second-order valence-corrected chi connectivity index (χ2v) is 6.97. The van der Waals surface area contributed by atoms with Crippen LogP contribution in [-0.2, 0) is 16.0 Å². The summed E-state index contributed by atoms with van der Waals surface area (Å²) in [6, 6.07) is 3.76. The highest BCUT2D eigenvalue weighted by Gasteiger charge is 2.37. The number of nitrogens with zero attached hydrogens (tertiary/aromatic N) is 2. The van der Waals surface area contributed by atoms with Gasteiger partial charge in [0.2, 0.25) is 5.91 Å².